The highest BCUT2D eigenvalue weighted by Crippen LogP contribution is 2.38. The van der Waals surface area contributed by atoms with Gasteiger partial charge in [-0.2, -0.15) is 0 Å². The molecule has 4 rings (SSSR count). The smallest absolute Gasteiger partial charge is 0.305 e. The third kappa shape index (κ3) is 7.61. The predicted molar refractivity (Wildman–Crippen MR) is 159 cm³/mol. The van der Waals surface area contributed by atoms with E-state index in [4.69, 9.17) is 9.47 Å². The van der Waals surface area contributed by atoms with Gasteiger partial charge in [0.25, 0.3) is 0 Å². The molecule has 2 aromatic carbocycles. The molecule has 38 heavy (non-hydrogen) atoms. The monoisotopic (exact) mass is 539 g/mol. The maximum Gasteiger partial charge on any atom is 0.305 e. The van der Waals surface area contributed by atoms with Gasteiger partial charge in [-0.15, -0.1) is 0 Å². The Hall–Kier alpha value is -2.35. The van der Waals surface area contributed by atoms with Gasteiger partial charge >= 0.3 is 4.87 Å². The van der Waals surface area contributed by atoms with Crippen LogP contribution in [0, 0.1) is 0 Å². The van der Waals surface area contributed by atoms with E-state index in [1.165, 1.54) is 86.1 Å². The van der Waals surface area contributed by atoms with Gasteiger partial charge in [0.05, 0.1) is 24.4 Å². The molecule has 6 nitrogen and oxygen atoms in total. The van der Waals surface area contributed by atoms with Crippen LogP contribution in [0.5, 0.6) is 11.5 Å². The largest absolute Gasteiger partial charge is 0.493 e. The lowest BCUT2D eigenvalue weighted by molar-refractivity contribution is 0.175. The molecule has 1 aliphatic rings. The number of fused-ring (bicyclic) bond motifs is 2. The molecule has 0 bridgehead atoms. The van der Waals surface area contributed by atoms with Gasteiger partial charge in [-0.05, 0) is 100 Å². The summed E-state index contributed by atoms with van der Waals surface area (Å²) in [6.45, 7) is 6.76. The van der Waals surface area contributed by atoms with Crippen LogP contribution >= 0.6 is 11.3 Å². The van der Waals surface area contributed by atoms with Crippen LogP contribution < -0.4 is 19.7 Å². The zero-order valence-electron chi connectivity index (χ0n) is 23.4. The third-order valence-corrected chi connectivity index (χ3v) is 8.68. The number of hydrogen-bond donors (Lipinski definition) is 2. The van der Waals surface area contributed by atoms with E-state index >= 15 is 0 Å². The number of aromatic amines is 1. The maximum atomic E-state index is 11.5. The SMILES string of the molecule is CCCN(CCCCCCCNCCc1ccc2[nH]c(=O)sc2c1)C1CCc2c(ccc(OC)c2OC)C1. The standard InChI is InChI=1S/C31H45N3O3S/c1-4-19-34(25-12-13-26-24(22-25)11-15-28(36-2)30(26)37-3)20-9-7-5-6-8-17-32-18-16-23-10-14-27-29(21-23)38-31(35)33-27/h10-11,14-15,21,25,32H,4-9,12-13,16-20,22H2,1-3H3,(H,33,35). The first-order chi connectivity index (χ1) is 18.6. The number of aromatic nitrogens is 1. The summed E-state index contributed by atoms with van der Waals surface area (Å²) in [5.74, 6) is 1.78. The number of rotatable bonds is 16. The first kappa shape index (κ1) is 28.7. The van der Waals surface area contributed by atoms with Crippen molar-refractivity contribution in [2.45, 2.75) is 77.2 Å². The van der Waals surface area contributed by atoms with Crippen molar-refractivity contribution >= 4 is 21.6 Å². The lowest BCUT2D eigenvalue weighted by Gasteiger charge is -2.36. The zero-order valence-corrected chi connectivity index (χ0v) is 24.3. The van der Waals surface area contributed by atoms with E-state index < -0.39 is 0 Å². The summed E-state index contributed by atoms with van der Waals surface area (Å²) in [6, 6.07) is 11.2. The Bertz CT molecular complexity index is 1200. The first-order valence-corrected chi connectivity index (χ1v) is 15.2. The average Bonchev–Trinajstić information content (AvgIpc) is 3.31. The molecular weight excluding hydrogens is 494 g/mol. The van der Waals surface area contributed by atoms with Crippen LogP contribution in [0.2, 0.25) is 0 Å². The van der Waals surface area contributed by atoms with E-state index in [0.29, 0.717) is 6.04 Å². The molecule has 0 spiro atoms. The van der Waals surface area contributed by atoms with Gasteiger partial charge < -0.3 is 24.7 Å². The minimum absolute atomic E-state index is 0.0236. The van der Waals surface area contributed by atoms with Crippen LogP contribution in [-0.2, 0) is 19.3 Å². The number of H-pyrrole nitrogens is 1. The molecule has 7 heteroatoms. The Morgan fingerprint density at radius 2 is 1.87 bits per heavy atom. The van der Waals surface area contributed by atoms with E-state index in [2.05, 4.69) is 46.4 Å². The first-order valence-electron chi connectivity index (χ1n) is 14.4. The van der Waals surface area contributed by atoms with Gasteiger partial charge in [0.1, 0.15) is 0 Å². The molecule has 208 valence electrons. The van der Waals surface area contributed by atoms with Crippen LogP contribution in [0.25, 0.3) is 10.2 Å². The van der Waals surface area contributed by atoms with E-state index in [9.17, 15) is 4.79 Å². The minimum Gasteiger partial charge on any atom is -0.493 e. The van der Waals surface area contributed by atoms with Gasteiger partial charge in [0.2, 0.25) is 0 Å². The van der Waals surface area contributed by atoms with E-state index in [-0.39, 0.29) is 4.87 Å². The number of unbranched alkanes of at least 4 members (excludes halogenated alkanes) is 4. The normalized spacial score (nSPS) is 15.2. The molecule has 1 atom stereocenters. The summed E-state index contributed by atoms with van der Waals surface area (Å²) in [4.78, 5) is 17.1. The molecule has 1 aromatic heterocycles. The molecule has 3 aromatic rings. The van der Waals surface area contributed by atoms with Crippen LogP contribution in [0.3, 0.4) is 0 Å². The summed E-state index contributed by atoms with van der Waals surface area (Å²) in [5.41, 5.74) is 5.00. The van der Waals surface area contributed by atoms with Crippen molar-refractivity contribution in [2.24, 2.45) is 0 Å². The molecule has 0 fully saturated rings. The fraction of sp³-hybridized carbons (Fsp3) is 0.581. The second-order valence-corrected chi connectivity index (χ2v) is 11.5. The van der Waals surface area contributed by atoms with Crippen molar-refractivity contribution in [3.05, 3.63) is 56.7 Å². The number of ether oxygens (including phenoxy) is 2. The predicted octanol–water partition coefficient (Wildman–Crippen LogP) is 5.96. The molecule has 0 saturated carbocycles. The molecule has 1 heterocycles. The van der Waals surface area contributed by atoms with Crippen LogP contribution in [0.1, 0.15) is 68.6 Å². The average molecular weight is 540 g/mol. The molecule has 0 aliphatic heterocycles. The lowest BCUT2D eigenvalue weighted by atomic mass is 9.86. The van der Waals surface area contributed by atoms with Gasteiger partial charge in [-0.1, -0.05) is 49.7 Å². The van der Waals surface area contributed by atoms with Crippen molar-refractivity contribution in [1.82, 2.24) is 15.2 Å². The molecular formula is C31H45N3O3S. The van der Waals surface area contributed by atoms with Gasteiger partial charge in [-0.3, -0.25) is 4.79 Å². The number of methoxy groups -OCH3 is 2. The molecule has 2 N–H and O–H groups in total. The van der Waals surface area contributed by atoms with Crippen LogP contribution in [0.15, 0.2) is 35.1 Å². The van der Waals surface area contributed by atoms with E-state index in [0.717, 1.165) is 54.1 Å². The third-order valence-electron chi connectivity index (χ3n) is 7.83. The summed E-state index contributed by atoms with van der Waals surface area (Å²) in [6.07, 6.45) is 12.0. The topological polar surface area (TPSA) is 66.6 Å². The minimum atomic E-state index is 0.0236. The molecule has 0 radical (unpaired) electrons. The number of nitrogens with one attached hydrogen (secondary N) is 2. The van der Waals surface area contributed by atoms with Crippen molar-refractivity contribution in [1.29, 1.82) is 0 Å². The highest BCUT2D eigenvalue weighted by Gasteiger charge is 2.27. The van der Waals surface area contributed by atoms with Gasteiger partial charge in [0, 0.05) is 11.6 Å². The Morgan fingerprint density at radius 3 is 2.68 bits per heavy atom. The summed E-state index contributed by atoms with van der Waals surface area (Å²) >= 11 is 1.29. The number of hydrogen-bond acceptors (Lipinski definition) is 6. The Labute approximate surface area is 231 Å². The summed E-state index contributed by atoms with van der Waals surface area (Å²) < 4.78 is 12.3. The van der Waals surface area contributed by atoms with Crippen molar-refractivity contribution in [3.8, 4) is 11.5 Å². The fourth-order valence-electron chi connectivity index (χ4n) is 5.84. The number of thiazole rings is 1. The van der Waals surface area contributed by atoms with E-state index in [1.54, 1.807) is 14.2 Å². The number of nitrogens with zero attached hydrogens (tertiary/aromatic N) is 1. The fourth-order valence-corrected chi connectivity index (χ4v) is 6.64. The van der Waals surface area contributed by atoms with E-state index in [1.807, 2.05) is 6.07 Å². The Morgan fingerprint density at radius 1 is 1.03 bits per heavy atom. The summed E-state index contributed by atoms with van der Waals surface area (Å²) in [5, 5.41) is 3.59. The van der Waals surface area contributed by atoms with Crippen LogP contribution in [0.4, 0.5) is 0 Å². The molecule has 1 aliphatic carbocycles. The van der Waals surface area contributed by atoms with Crippen LogP contribution in [-0.4, -0.2) is 56.3 Å². The number of benzene rings is 2. The lowest BCUT2D eigenvalue weighted by Crippen LogP contribution is -2.40. The highest BCUT2D eigenvalue weighted by molar-refractivity contribution is 7.16. The zero-order chi connectivity index (χ0) is 26.7. The maximum absolute atomic E-state index is 11.5. The quantitative estimate of drug-likeness (QED) is 0.220. The summed E-state index contributed by atoms with van der Waals surface area (Å²) in [7, 11) is 3.47. The molecule has 0 amide bonds. The molecule has 1 unspecified atom stereocenters. The van der Waals surface area contributed by atoms with Crippen molar-refractivity contribution in [3.63, 3.8) is 0 Å². The molecule has 0 saturated heterocycles. The highest BCUT2D eigenvalue weighted by atomic mass is 32.1. The Balaban J connectivity index is 1.10. The van der Waals surface area contributed by atoms with Crippen molar-refractivity contribution < 1.29 is 9.47 Å². The Kier molecular flexibility index (Phi) is 11.1. The van der Waals surface area contributed by atoms with Gasteiger partial charge in [0.15, 0.2) is 11.5 Å². The second kappa shape index (κ2) is 14.7. The second-order valence-electron chi connectivity index (χ2n) is 10.5. The van der Waals surface area contributed by atoms with Gasteiger partial charge in [-0.25, -0.2) is 0 Å². The van der Waals surface area contributed by atoms with Crippen molar-refractivity contribution in [2.75, 3.05) is 40.4 Å².